The molecule has 10 nitrogen and oxygen atoms in total. The molecule has 0 aliphatic rings. The monoisotopic (exact) mass is 384 g/mol. The summed E-state index contributed by atoms with van der Waals surface area (Å²) in [6.45, 7) is 1.11. The van der Waals surface area contributed by atoms with Crippen LogP contribution in [0.3, 0.4) is 0 Å². The number of rotatable bonds is 10. The zero-order valence-corrected chi connectivity index (χ0v) is 15.7. The van der Waals surface area contributed by atoms with E-state index in [2.05, 4.69) is 31.2 Å². The number of carbonyl (C=O) groups excluding carboxylic acids is 4. The zero-order chi connectivity index (χ0) is 19.5. The van der Waals surface area contributed by atoms with Crippen molar-refractivity contribution in [3.8, 4) is 0 Å². The van der Waals surface area contributed by atoms with Crippen molar-refractivity contribution in [2.45, 2.75) is 25.4 Å². The van der Waals surface area contributed by atoms with Gasteiger partial charge in [0.15, 0.2) is 0 Å². The minimum absolute atomic E-state index is 0.164. The highest BCUT2D eigenvalue weighted by Gasteiger charge is 2.26. The standard InChI is InChI=1S/C15H24N6O4S/c1-9(22)20-12(7-26-3)15(25)21-11(4-10-5-17-8-19-10)14(24)18-6-13(23)16-2/h5,8,11-12H,4,6-7H2,1-3H3,(H,16,23)(H,17,19)(H,18,24)(H,20,22)(H,21,25)/t11-,12-/m0/s1. The van der Waals surface area contributed by atoms with Crippen molar-refractivity contribution in [1.82, 2.24) is 31.2 Å². The number of nitrogens with zero attached hydrogens (tertiary/aromatic N) is 1. The second-order valence-electron chi connectivity index (χ2n) is 5.44. The Bertz CT molecular complexity index is 622. The molecular weight excluding hydrogens is 360 g/mol. The van der Waals surface area contributed by atoms with Crippen molar-refractivity contribution in [2.75, 3.05) is 25.6 Å². The first-order chi connectivity index (χ1) is 12.4. The Morgan fingerprint density at radius 1 is 1.19 bits per heavy atom. The van der Waals surface area contributed by atoms with Crippen molar-refractivity contribution in [3.05, 3.63) is 18.2 Å². The highest BCUT2D eigenvalue weighted by atomic mass is 32.2. The van der Waals surface area contributed by atoms with Crippen LogP contribution in [0.5, 0.6) is 0 Å². The van der Waals surface area contributed by atoms with Gasteiger partial charge in [-0.2, -0.15) is 11.8 Å². The van der Waals surface area contributed by atoms with E-state index in [1.165, 1.54) is 32.1 Å². The molecule has 0 aliphatic carbocycles. The average molecular weight is 384 g/mol. The molecule has 0 saturated heterocycles. The number of aromatic amines is 1. The summed E-state index contributed by atoms with van der Waals surface area (Å²) in [5.74, 6) is -1.32. The lowest BCUT2D eigenvalue weighted by Gasteiger charge is -2.22. The van der Waals surface area contributed by atoms with Crippen LogP contribution in [-0.4, -0.2) is 71.3 Å². The molecule has 26 heavy (non-hydrogen) atoms. The molecule has 11 heteroatoms. The molecule has 1 aromatic heterocycles. The first kappa shape index (κ1) is 21.5. The molecule has 0 aliphatic heterocycles. The molecule has 0 bridgehead atoms. The average Bonchev–Trinajstić information content (AvgIpc) is 3.10. The van der Waals surface area contributed by atoms with Gasteiger partial charge in [0, 0.05) is 38.0 Å². The lowest BCUT2D eigenvalue weighted by atomic mass is 10.1. The Balaban J connectivity index is 2.82. The summed E-state index contributed by atoms with van der Waals surface area (Å²) >= 11 is 1.39. The maximum absolute atomic E-state index is 12.5. The smallest absolute Gasteiger partial charge is 0.244 e. The quantitative estimate of drug-likeness (QED) is 0.321. The Morgan fingerprint density at radius 2 is 1.92 bits per heavy atom. The number of hydrogen-bond acceptors (Lipinski definition) is 6. The largest absolute Gasteiger partial charge is 0.358 e. The summed E-state index contributed by atoms with van der Waals surface area (Å²) in [6, 6.07) is -1.69. The van der Waals surface area contributed by atoms with Crippen LogP contribution >= 0.6 is 11.8 Å². The summed E-state index contributed by atoms with van der Waals surface area (Å²) in [5.41, 5.74) is 0.645. The van der Waals surface area contributed by atoms with E-state index in [4.69, 9.17) is 0 Å². The maximum Gasteiger partial charge on any atom is 0.244 e. The lowest BCUT2D eigenvalue weighted by Crippen LogP contribution is -2.55. The van der Waals surface area contributed by atoms with Gasteiger partial charge in [0.2, 0.25) is 23.6 Å². The predicted octanol–water partition coefficient (Wildman–Crippen LogP) is -1.83. The van der Waals surface area contributed by atoms with Crippen LogP contribution < -0.4 is 21.3 Å². The number of H-pyrrole nitrogens is 1. The number of imidazole rings is 1. The van der Waals surface area contributed by atoms with Crippen molar-refractivity contribution < 1.29 is 19.2 Å². The van der Waals surface area contributed by atoms with Crippen LogP contribution in [0.25, 0.3) is 0 Å². The fraction of sp³-hybridized carbons (Fsp3) is 0.533. The SMILES string of the molecule is CNC(=O)CNC(=O)[C@H](Cc1cnc[nH]1)NC(=O)[C@H](CSC)NC(C)=O. The van der Waals surface area contributed by atoms with Gasteiger partial charge >= 0.3 is 0 Å². The first-order valence-electron chi connectivity index (χ1n) is 7.89. The lowest BCUT2D eigenvalue weighted by molar-refractivity contribution is -0.132. The van der Waals surface area contributed by atoms with Gasteiger partial charge in [0.1, 0.15) is 12.1 Å². The number of nitrogens with one attached hydrogen (secondary N) is 5. The highest BCUT2D eigenvalue weighted by Crippen LogP contribution is 2.02. The van der Waals surface area contributed by atoms with Gasteiger partial charge in [-0.1, -0.05) is 0 Å². The van der Waals surface area contributed by atoms with Crippen molar-refractivity contribution >= 4 is 35.4 Å². The van der Waals surface area contributed by atoms with Crippen molar-refractivity contribution in [2.24, 2.45) is 0 Å². The second-order valence-corrected chi connectivity index (χ2v) is 6.35. The van der Waals surface area contributed by atoms with Crippen LogP contribution in [0.1, 0.15) is 12.6 Å². The summed E-state index contributed by atoms with van der Waals surface area (Å²) in [4.78, 5) is 54.2. The van der Waals surface area contributed by atoms with Gasteiger partial charge in [-0.25, -0.2) is 4.98 Å². The molecule has 4 amide bonds. The minimum Gasteiger partial charge on any atom is -0.358 e. The molecule has 1 aromatic rings. The van der Waals surface area contributed by atoms with Crippen LogP contribution in [0.15, 0.2) is 12.5 Å². The number of likely N-dealkylation sites (N-methyl/N-ethyl adjacent to an activating group) is 1. The summed E-state index contributed by atoms with van der Waals surface area (Å²) in [6.07, 6.45) is 4.97. The van der Waals surface area contributed by atoms with E-state index in [1.807, 2.05) is 0 Å². The molecule has 1 heterocycles. The number of amides is 4. The zero-order valence-electron chi connectivity index (χ0n) is 14.9. The third kappa shape index (κ3) is 7.55. The van der Waals surface area contributed by atoms with Crippen LogP contribution in [-0.2, 0) is 25.6 Å². The predicted molar refractivity (Wildman–Crippen MR) is 97.3 cm³/mol. The van der Waals surface area contributed by atoms with Gasteiger partial charge < -0.3 is 26.3 Å². The minimum atomic E-state index is -0.925. The van der Waals surface area contributed by atoms with E-state index >= 15 is 0 Å². The van der Waals surface area contributed by atoms with E-state index in [9.17, 15) is 19.2 Å². The molecule has 0 radical (unpaired) electrons. The Morgan fingerprint density at radius 3 is 2.46 bits per heavy atom. The number of thioether (sulfide) groups is 1. The topological polar surface area (TPSA) is 145 Å². The molecule has 0 aromatic carbocycles. The fourth-order valence-corrected chi connectivity index (χ4v) is 2.64. The molecule has 0 saturated carbocycles. The van der Waals surface area contributed by atoms with E-state index < -0.39 is 23.9 Å². The maximum atomic E-state index is 12.5. The fourth-order valence-electron chi connectivity index (χ4n) is 2.07. The van der Waals surface area contributed by atoms with E-state index in [1.54, 1.807) is 12.5 Å². The molecule has 5 N–H and O–H groups in total. The van der Waals surface area contributed by atoms with E-state index in [-0.39, 0.29) is 24.8 Å². The number of carbonyl (C=O) groups is 4. The molecule has 0 fully saturated rings. The Hall–Kier alpha value is -2.56. The Kier molecular flexibility index (Phi) is 9.20. The molecular formula is C15H24N6O4S. The van der Waals surface area contributed by atoms with E-state index in [0.717, 1.165) is 0 Å². The summed E-state index contributed by atoms with van der Waals surface area (Å²) in [5, 5.41) is 10.0. The summed E-state index contributed by atoms with van der Waals surface area (Å²) in [7, 11) is 1.46. The van der Waals surface area contributed by atoms with Crippen LogP contribution in [0, 0.1) is 0 Å². The van der Waals surface area contributed by atoms with Gasteiger partial charge in [0.05, 0.1) is 12.9 Å². The molecule has 2 atom stereocenters. The number of hydrogen-bond donors (Lipinski definition) is 5. The van der Waals surface area contributed by atoms with Gasteiger partial charge in [-0.15, -0.1) is 0 Å². The molecule has 144 valence electrons. The van der Waals surface area contributed by atoms with E-state index in [0.29, 0.717) is 11.4 Å². The second kappa shape index (κ2) is 11.1. The van der Waals surface area contributed by atoms with Gasteiger partial charge in [-0.05, 0) is 6.26 Å². The van der Waals surface area contributed by atoms with Crippen molar-refractivity contribution in [1.29, 1.82) is 0 Å². The van der Waals surface area contributed by atoms with Crippen LogP contribution in [0.2, 0.25) is 0 Å². The highest BCUT2D eigenvalue weighted by molar-refractivity contribution is 7.98. The first-order valence-corrected chi connectivity index (χ1v) is 9.28. The van der Waals surface area contributed by atoms with Crippen LogP contribution in [0.4, 0.5) is 0 Å². The van der Waals surface area contributed by atoms with Crippen molar-refractivity contribution in [3.63, 3.8) is 0 Å². The molecule has 0 unspecified atom stereocenters. The molecule has 1 rings (SSSR count). The molecule has 0 spiro atoms. The number of aromatic nitrogens is 2. The normalized spacial score (nSPS) is 12.6. The summed E-state index contributed by atoms with van der Waals surface area (Å²) < 4.78 is 0. The third-order valence-electron chi connectivity index (χ3n) is 3.34. The van der Waals surface area contributed by atoms with Gasteiger partial charge in [-0.3, -0.25) is 19.2 Å². The van der Waals surface area contributed by atoms with Gasteiger partial charge in [0.25, 0.3) is 0 Å². The Labute approximate surface area is 155 Å². The third-order valence-corrected chi connectivity index (χ3v) is 4.01.